The number of hydrogen-bond acceptors (Lipinski definition) is 2. The van der Waals surface area contributed by atoms with Gasteiger partial charge in [-0.1, -0.05) is 62.2 Å². The van der Waals surface area contributed by atoms with Crippen molar-refractivity contribution in [2.45, 2.75) is 64.3 Å². The summed E-state index contributed by atoms with van der Waals surface area (Å²) >= 11 is 0. The van der Waals surface area contributed by atoms with Gasteiger partial charge in [-0.15, -0.1) is 0 Å². The third-order valence-corrected chi connectivity index (χ3v) is 4.98. The maximum absolute atomic E-state index is 12.1. The van der Waals surface area contributed by atoms with Crippen LogP contribution in [0.15, 0.2) is 42.5 Å². The largest absolute Gasteiger partial charge is 0.481 e. The van der Waals surface area contributed by atoms with E-state index in [0.717, 1.165) is 45.1 Å². The monoisotopic (exact) mass is 357 g/mol. The quantitative estimate of drug-likeness (QED) is 0.470. The maximum Gasteiger partial charge on any atom is 0.303 e. The van der Waals surface area contributed by atoms with Crippen molar-refractivity contribution in [3.05, 3.63) is 48.0 Å². The standard InChI is InChI=1S/C22H31NO3/c1-18(17-19-9-5-4-6-10-19)12-13-20-14-15-21(24)23(20)16-8-3-2-7-11-22(25)26/h4-6,9-10,12-13,18,20H,2-3,7-8,11,14-17H2,1H3,(H,25,26)/b13-12+/t18?,20-/m0/s1. The van der Waals surface area contributed by atoms with Gasteiger partial charge >= 0.3 is 5.97 Å². The molecule has 1 aliphatic heterocycles. The number of carboxylic acids is 1. The molecule has 4 nitrogen and oxygen atoms in total. The fraction of sp³-hybridized carbons (Fsp3) is 0.545. The molecule has 1 amide bonds. The predicted molar refractivity (Wildman–Crippen MR) is 104 cm³/mol. The molecular formula is C22H31NO3. The number of aliphatic carboxylic acids is 1. The van der Waals surface area contributed by atoms with Crippen LogP contribution in [0.2, 0.25) is 0 Å². The Hall–Kier alpha value is -2.10. The number of hydrogen-bond donors (Lipinski definition) is 1. The molecule has 1 aromatic rings. The first-order valence-corrected chi connectivity index (χ1v) is 9.80. The van der Waals surface area contributed by atoms with Gasteiger partial charge in [-0.05, 0) is 37.2 Å². The van der Waals surface area contributed by atoms with Gasteiger partial charge in [0.15, 0.2) is 0 Å². The number of carbonyl (C=O) groups excluding carboxylic acids is 1. The molecule has 2 rings (SSSR count). The molecule has 4 heteroatoms. The Balaban J connectivity index is 1.74. The lowest BCUT2D eigenvalue weighted by Crippen LogP contribution is -2.32. The van der Waals surface area contributed by atoms with Crippen LogP contribution in [0.4, 0.5) is 0 Å². The summed E-state index contributed by atoms with van der Waals surface area (Å²) < 4.78 is 0. The highest BCUT2D eigenvalue weighted by Crippen LogP contribution is 2.22. The minimum Gasteiger partial charge on any atom is -0.481 e. The number of nitrogens with zero attached hydrogens (tertiary/aromatic N) is 1. The van der Waals surface area contributed by atoms with Gasteiger partial charge in [-0.2, -0.15) is 0 Å². The van der Waals surface area contributed by atoms with Crippen molar-refractivity contribution in [1.29, 1.82) is 0 Å². The molecule has 0 aliphatic carbocycles. The van der Waals surface area contributed by atoms with Gasteiger partial charge in [0, 0.05) is 19.4 Å². The fourth-order valence-electron chi connectivity index (χ4n) is 3.53. The molecule has 26 heavy (non-hydrogen) atoms. The van der Waals surface area contributed by atoms with Gasteiger partial charge in [0.2, 0.25) is 5.91 Å². The third-order valence-electron chi connectivity index (χ3n) is 4.98. The maximum atomic E-state index is 12.1. The highest BCUT2D eigenvalue weighted by Gasteiger charge is 2.28. The average Bonchev–Trinajstić information content (AvgIpc) is 2.97. The van der Waals surface area contributed by atoms with E-state index in [4.69, 9.17) is 5.11 Å². The summed E-state index contributed by atoms with van der Waals surface area (Å²) in [5.41, 5.74) is 1.34. The zero-order valence-corrected chi connectivity index (χ0v) is 15.8. The smallest absolute Gasteiger partial charge is 0.303 e. The molecule has 1 fully saturated rings. The third kappa shape index (κ3) is 7.03. The molecule has 1 heterocycles. The highest BCUT2D eigenvalue weighted by atomic mass is 16.4. The molecule has 1 saturated heterocycles. The van der Waals surface area contributed by atoms with Crippen LogP contribution in [0.3, 0.4) is 0 Å². The summed E-state index contributed by atoms with van der Waals surface area (Å²) in [4.78, 5) is 24.7. The first kappa shape index (κ1) is 20.2. The zero-order valence-electron chi connectivity index (χ0n) is 15.8. The Morgan fingerprint density at radius 3 is 2.69 bits per heavy atom. The molecule has 1 unspecified atom stereocenters. The number of allylic oxidation sites excluding steroid dienone is 1. The average molecular weight is 357 g/mol. The Bertz CT molecular complexity index is 597. The second kappa shape index (κ2) is 10.8. The predicted octanol–water partition coefficient (Wildman–Crippen LogP) is 4.45. The first-order chi connectivity index (χ1) is 12.6. The minimum absolute atomic E-state index is 0.222. The van der Waals surface area contributed by atoms with Gasteiger partial charge in [0.05, 0.1) is 6.04 Å². The number of unbranched alkanes of at least 4 members (excludes halogenated alkanes) is 3. The van der Waals surface area contributed by atoms with E-state index in [2.05, 4.69) is 43.3 Å². The molecule has 1 aliphatic rings. The number of benzene rings is 1. The Morgan fingerprint density at radius 2 is 1.96 bits per heavy atom. The van der Waals surface area contributed by atoms with E-state index >= 15 is 0 Å². The van der Waals surface area contributed by atoms with E-state index in [9.17, 15) is 9.59 Å². The molecule has 0 spiro atoms. The van der Waals surface area contributed by atoms with Gasteiger partial charge < -0.3 is 10.0 Å². The van der Waals surface area contributed by atoms with Gasteiger partial charge in [-0.3, -0.25) is 9.59 Å². The molecule has 1 N–H and O–H groups in total. The Morgan fingerprint density at radius 1 is 1.23 bits per heavy atom. The Labute approximate surface area is 156 Å². The lowest BCUT2D eigenvalue weighted by atomic mass is 9.99. The highest BCUT2D eigenvalue weighted by molar-refractivity contribution is 5.79. The van der Waals surface area contributed by atoms with E-state index in [1.807, 2.05) is 11.0 Å². The first-order valence-electron chi connectivity index (χ1n) is 9.80. The molecule has 0 saturated carbocycles. The molecule has 2 atom stereocenters. The van der Waals surface area contributed by atoms with Crippen LogP contribution in [-0.2, 0) is 16.0 Å². The molecule has 0 aromatic heterocycles. The molecule has 1 aromatic carbocycles. The summed E-state index contributed by atoms with van der Waals surface area (Å²) in [5.74, 6) is -0.0265. The summed E-state index contributed by atoms with van der Waals surface area (Å²) in [6.45, 7) is 3.00. The summed E-state index contributed by atoms with van der Waals surface area (Å²) in [7, 11) is 0. The number of carboxylic acid groups (broad SMARTS) is 1. The van der Waals surface area contributed by atoms with Crippen molar-refractivity contribution >= 4 is 11.9 Å². The fourth-order valence-corrected chi connectivity index (χ4v) is 3.53. The molecule has 142 valence electrons. The zero-order chi connectivity index (χ0) is 18.8. The number of rotatable bonds is 11. The van der Waals surface area contributed by atoms with Gasteiger partial charge in [0.25, 0.3) is 0 Å². The van der Waals surface area contributed by atoms with Crippen molar-refractivity contribution in [2.24, 2.45) is 5.92 Å². The van der Waals surface area contributed by atoms with Crippen molar-refractivity contribution in [3.8, 4) is 0 Å². The van der Waals surface area contributed by atoms with E-state index in [1.165, 1.54) is 5.56 Å². The lowest BCUT2D eigenvalue weighted by molar-refractivity contribution is -0.137. The van der Waals surface area contributed by atoms with E-state index in [-0.39, 0.29) is 18.4 Å². The van der Waals surface area contributed by atoms with Gasteiger partial charge in [-0.25, -0.2) is 0 Å². The van der Waals surface area contributed by atoms with Crippen LogP contribution in [0.25, 0.3) is 0 Å². The van der Waals surface area contributed by atoms with E-state index in [1.54, 1.807) is 0 Å². The van der Waals surface area contributed by atoms with Crippen LogP contribution < -0.4 is 0 Å². The summed E-state index contributed by atoms with van der Waals surface area (Å²) in [5, 5.41) is 8.65. The SMILES string of the molecule is CC(/C=C/[C@H]1CCC(=O)N1CCCCCCC(=O)O)Cc1ccccc1. The topological polar surface area (TPSA) is 57.6 Å². The summed E-state index contributed by atoms with van der Waals surface area (Å²) in [6, 6.07) is 10.7. The van der Waals surface area contributed by atoms with E-state index in [0.29, 0.717) is 12.3 Å². The van der Waals surface area contributed by atoms with Crippen LogP contribution in [0, 0.1) is 5.92 Å². The normalized spacial score (nSPS) is 18.6. The van der Waals surface area contributed by atoms with Crippen molar-refractivity contribution in [2.75, 3.05) is 6.54 Å². The second-order valence-corrected chi connectivity index (χ2v) is 7.30. The number of carbonyl (C=O) groups is 2. The number of amides is 1. The second-order valence-electron chi connectivity index (χ2n) is 7.30. The van der Waals surface area contributed by atoms with Crippen LogP contribution in [0.1, 0.15) is 57.4 Å². The van der Waals surface area contributed by atoms with Crippen LogP contribution >= 0.6 is 0 Å². The van der Waals surface area contributed by atoms with E-state index < -0.39 is 5.97 Å². The number of likely N-dealkylation sites (tertiary alicyclic amines) is 1. The molecular weight excluding hydrogens is 326 g/mol. The lowest BCUT2D eigenvalue weighted by Gasteiger charge is -2.22. The van der Waals surface area contributed by atoms with Crippen LogP contribution in [-0.4, -0.2) is 34.5 Å². The van der Waals surface area contributed by atoms with Gasteiger partial charge in [0.1, 0.15) is 0 Å². The van der Waals surface area contributed by atoms with Crippen molar-refractivity contribution < 1.29 is 14.7 Å². The van der Waals surface area contributed by atoms with Crippen molar-refractivity contribution in [3.63, 3.8) is 0 Å². The van der Waals surface area contributed by atoms with Crippen LogP contribution in [0.5, 0.6) is 0 Å². The summed E-state index contributed by atoms with van der Waals surface area (Å²) in [6.07, 6.45) is 10.8. The minimum atomic E-state index is -0.727. The molecule has 0 bridgehead atoms. The molecule has 0 radical (unpaired) electrons. The van der Waals surface area contributed by atoms with Crippen molar-refractivity contribution in [1.82, 2.24) is 4.90 Å². The Kier molecular flexibility index (Phi) is 8.39.